The molecule has 1 saturated carbocycles. The van der Waals surface area contributed by atoms with Crippen LogP contribution in [0.15, 0.2) is 23.8 Å². The molecule has 2 N–H and O–H groups in total. The van der Waals surface area contributed by atoms with Gasteiger partial charge in [-0.25, -0.2) is 14.4 Å². The van der Waals surface area contributed by atoms with Gasteiger partial charge in [0.2, 0.25) is 6.10 Å². The molecule has 0 heterocycles. The van der Waals surface area contributed by atoms with Crippen LogP contribution < -0.4 is 0 Å². The van der Waals surface area contributed by atoms with Gasteiger partial charge in [-0.15, -0.1) is 0 Å². The maximum absolute atomic E-state index is 12.5. The molecule has 0 saturated heterocycles. The number of hydrogen-bond acceptors (Lipinski definition) is 9. The molecule has 0 aromatic heterocycles. The monoisotopic (exact) mass is 494 g/mol. The summed E-state index contributed by atoms with van der Waals surface area (Å²) in [4.78, 5) is 58.9. The maximum Gasteiger partial charge on any atom is 0.355 e. The molecule has 10 heteroatoms. The van der Waals surface area contributed by atoms with Gasteiger partial charge in [-0.05, 0) is 43.9 Å². The highest BCUT2D eigenvalue weighted by molar-refractivity contribution is 5.97. The van der Waals surface area contributed by atoms with Crippen LogP contribution in [0.3, 0.4) is 0 Å². The molecule has 2 bridgehead atoms. The summed E-state index contributed by atoms with van der Waals surface area (Å²) in [6.07, 6.45) is 5.87. The van der Waals surface area contributed by atoms with Gasteiger partial charge in [-0.3, -0.25) is 9.59 Å². The van der Waals surface area contributed by atoms with Crippen molar-refractivity contribution in [1.29, 1.82) is 0 Å². The van der Waals surface area contributed by atoms with E-state index in [1.165, 1.54) is 0 Å². The standard InChI is InChI=1S/C25H34O10/c1-25(2,14-26)15-33-21(29)5-3-4-6-22(30)34-19(13-18-12-16-7-8-17(18)11-16)24(32)35-23(31)10-9-20(27)28/h9-10,12,16-17,19,26H,3-8,11,13-15H2,1-2H3,(H,27,28)/b10-9-. The lowest BCUT2D eigenvalue weighted by Crippen LogP contribution is -2.31. The molecule has 0 aliphatic heterocycles. The number of allylic oxidation sites excluding steroid dienone is 1. The quantitative estimate of drug-likeness (QED) is 0.0919. The lowest BCUT2D eigenvalue weighted by atomic mass is 9.93. The number of carbonyl (C=O) groups excluding carboxylic acids is 4. The Kier molecular flexibility index (Phi) is 10.6. The fourth-order valence-electron chi connectivity index (χ4n) is 4.05. The van der Waals surface area contributed by atoms with E-state index in [0.29, 0.717) is 36.8 Å². The van der Waals surface area contributed by atoms with E-state index in [9.17, 15) is 29.1 Å². The summed E-state index contributed by atoms with van der Waals surface area (Å²) in [5.74, 6) is -3.92. The predicted octanol–water partition coefficient (Wildman–Crippen LogP) is 2.48. The molecule has 0 aromatic rings. The Morgan fingerprint density at radius 2 is 1.77 bits per heavy atom. The zero-order valence-electron chi connectivity index (χ0n) is 20.2. The number of aliphatic carboxylic acids is 1. The minimum absolute atomic E-state index is 0.0445. The van der Waals surface area contributed by atoms with Crippen molar-refractivity contribution < 1.29 is 48.4 Å². The highest BCUT2D eigenvalue weighted by atomic mass is 16.6. The Hall–Kier alpha value is -3.01. The molecule has 0 spiro atoms. The van der Waals surface area contributed by atoms with Gasteiger partial charge in [0, 0.05) is 36.8 Å². The first-order valence-electron chi connectivity index (χ1n) is 11.8. The summed E-state index contributed by atoms with van der Waals surface area (Å²) < 4.78 is 15.1. The van der Waals surface area contributed by atoms with Crippen molar-refractivity contribution in [3.05, 3.63) is 23.8 Å². The summed E-state index contributed by atoms with van der Waals surface area (Å²) in [6.45, 7) is 3.50. The van der Waals surface area contributed by atoms with Crippen LogP contribution in [0.4, 0.5) is 0 Å². The second-order valence-electron chi connectivity index (χ2n) is 9.80. The number of unbranched alkanes of at least 4 members (excludes halogenated alkanes) is 1. The van der Waals surface area contributed by atoms with Crippen molar-refractivity contribution in [2.75, 3.05) is 13.2 Å². The van der Waals surface area contributed by atoms with E-state index in [1.54, 1.807) is 13.8 Å². The third-order valence-corrected chi connectivity index (χ3v) is 6.03. The zero-order valence-corrected chi connectivity index (χ0v) is 20.2. The molecular weight excluding hydrogens is 460 g/mol. The summed E-state index contributed by atoms with van der Waals surface area (Å²) in [6, 6.07) is 0. The molecule has 35 heavy (non-hydrogen) atoms. The Bertz CT molecular complexity index is 869. The number of carbonyl (C=O) groups is 5. The molecule has 3 unspecified atom stereocenters. The number of ether oxygens (including phenoxy) is 3. The number of esters is 4. The van der Waals surface area contributed by atoms with Crippen LogP contribution >= 0.6 is 0 Å². The molecule has 0 amide bonds. The van der Waals surface area contributed by atoms with E-state index in [-0.39, 0.29) is 32.5 Å². The average molecular weight is 495 g/mol. The highest BCUT2D eigenvalue weighted by Crippen LogP contribution is 2.45. The fourth-order valence-corrected chi connectivity index (χ4v) is 4.05. The van der Waals surface area contributed by atoms with Gasteiger partial charge in [0.1, 0.15) is 0 Å². The van der Waals surface area contributed by atoms with Crippen LogP contribution in [0.5, 0.6) is 0 Å². The topological polar surface area (TPSA) is 154 Å². The van der Waals surface area contributed by atoms with Crippen LogP contribution in [0.25, 0.3) is 0 Å². The lowest BCUT2D eigenvalue weighted by molar-refractivity contribution is -0.172. The SMILES string of the molecule is CC(C)(CO)COC(=O)CCCCC(=O)OC(CC1=CC2CCC1C2)C(=O)OC(=O)/C=C\C(=O)O. The van der Waals surface area contributed by atoms with Crippen LogP contribution in [-0.2, 0) is 38.2 Å². The predicted molar refractivity (Wildman–Crippen MR) is 122 cm³/mol. The molecule has 0 radical (unpaired) electrons. The second kappa shape index (κ2) is 13.2. The molecule has 10 nitrogen and oxygen atoms in total. The van der Waals surface area contributed by atoms with Crippen molar-refractivity contribution in [2.24, 2.45) is 17.3 Å². The van der Waals surface area contributed by atoms with E-state index in [2.05, 4.69) is 10.8 Å². The maximum atomic E-state index is 12.5. The number of rotatable bonds is 14. The Labute approximate surface area is 204 Å². The third kappa shape index (κ3) is 10.0. The lowest BCUT2D eigenvalue weighted by Gasteiger charge is -2.21. The fraction of sp³-hybridized carbons (Fsp3) is 0.640. The molecule has 194 valence electrons. The summed E-state index contributed by atoms with van der Waals surface area (Å²) >= 11 is 0. The number of carboxylic acid groups (broad SMARTS) is 1. The number of aliphatic hydroxyl groups excluding tert-OH is 1. The summed E-state index contributed by atoms with van der Waals surface area (Å²) in [5.41, 5.74) is 0.473. The van der Waals surface area contributed by atoms with Crippen LogP contribution in [-0.4, -0.2) is 59.4 Å². The van der Waals surface area contributed by atoms with Gasteiger partial charge in [0.05, 0.1) is 13.2 Å². The summed E-state index contributed by atoms with van der Waals surface area (Å²) in [7, 11) is 0. The number of carboxylic acids is 1. The Morgan fingerprint density at radius 3 is 2.34 bits per heavy atom. The van der Waals surface area contributed by atoms with Crippen molar-refractivity contribution in [3.8, 4) is 0 Å². The average Bonchev–Trinajstić information content (AvgIpc) is 3.42. The molecule has 2 aliphatic carbocycles. The minimum atomic E-state index is -1.37. The van der Waals surface area contributed by atoms with Gasteiger partial charge in [0.15, 0.2) is 0 Å². The van der Waals surface area contributed by atoms with Crippen molar-refractivity contribution in [2.45, 2.75) is 71.3 Å². The number of hydrogen-bond donors (Lipinski definition) is 2. The van der Waals surface area contributed by atoms with E-state index in [4.69, 9.17) is 14.6 Å². The molecular formula is C25H34O10. The first-order valence-corrected chi connectivity index (χ1v) is 11.8. The van der Waals surface area contributed by atoms with Crippen LogP contribution in [0.2, 0.25) is 0 Å². The van der Waals surface area contributed by atoms with Gasteiger partial charge in [0.25, 0.3) is 0 Å². The minimum Gasteiger partial charge on any atom is -0.478 e. The van der Waals surface area contributed by atoms with Crippen molar-refractivity contribution >= 4 is 29.8 Å². The van der Waals surface area contributed by atoms with E-state index < -0.39 is 41.4 Å². The van der Waals surface area contributed by atoms with Gasteiger partial charge in [-0.2, -0.15) is 0 Å². The zero-order chi connectivity index (χ0) is 26.0. The second-order valence-corrected chi connectivity index (χ2v) is 9.80. The molecule has 1 fully saturated rings. The van der Waals surface area contributed by atoms with Gasteiger partial charge >= 0.3 is 29.8 Å². The van der Waals surface area contributed by atoms with E-state index in [0.717, 1.165) is 24.8 Å². The van der Waals surface area contributed by atoms with E-state index >= 15 is 0 Å². The van der Waals surface area contributed by atoms with Gasteiger partial charge in [-0.1, -0.05) is 25.5 Å². The number of aliphatic hydroxyl groups is 1. The Morgan fingerprint density at radius 1 is 1.09 bits per heavy atom. The summed E-state index contributed by atoms with van der Waals surface area (Å²) in [5, 5.41) is 17.8. The largest absolute Gasteiger partial charge is 0.478 e. The molecule has 2 rings (SSSR count). The first-order chi connectivity index (χ1) is 16.5. The molecule has 0 aromatic carbocycles. The number of fused-ring (bicyclic) bond motifs is 2. The van der Waals surface area contributed by atoms with Crippen molar-refractivity contribution in [3.63, 3.8) is 0 Å². The highest BCUT2D eigenvalue weighted by Gasteiger charge is 2.36. The van der Waals surface area contributed by atoms with Crippen LogP contribution in [0.1, 0.15) is 65.2 Å². The molecule has 2 aliphatic rings. The van der Waals surface area contributed by atoms with Crippen molar-refractivity contribution in [1.82, 2.24) is 0 Å². The smallest absolute Gasteiger partial charge is 0.355 e. The Balaban J connectivity index is 1.84. The van der Waals surface area contributed by atoms with E-state index in [1.807, 2.05) is 0 Å². The first kappa shape index (κ1) is 28.2. The van der Waals surface area contributed by atoms with Gasteiger partial charge < -0.3 is 24.4 Å². The van der Waals surface area contributed by atoms with Crippen LogP contribution in [0, 0.1) is 17.3 Å². The molecule has 3 atom stereocenters. The normalized spacial score (nSPS) is 19.8. The third-order valence-electron chi connectivity index (χ3n) is 6.03.